The topological polar surface area (TPSA) is 111 Å². The molecule has 3 aromatic heterocycles. The molecule has 30 heavy (non-hydrogen) atoms. The summed E-state index contributed by atoms with van der Waals surface area (Å²) < 4.78 is 9.89. The zero-order valence-corrected chi connectivity index (χ0v) is 17.5. The molecule has 1 N–H and O–H groups in total. The summed E-state index contributed by atoms with van der Waals surface area (Å²) in [6.07, 6.45) is 1.56. The number of methoxy groups -OCH3 is 1. The molecule has 0 saturated carbocycles. The third-order valence-corrected chi connectivity index (χ3v) is 5.47. The second kappa shape index (κ2) is 8.29. The number of H-pyrrole nitrogens is 1. The van der Waals surface area contributed by atoms with E-state index in [4.69, 9.17) is 20.9 Å². The maximum atomic E-state index is 12.6. The molecule has 0 bridgehead atoms. The monoisotopic (exact) mass is 442 g/mol. The number of fused-ring (bicyclic) bond motifs is 1. The van der Waals surface area contributed by atoms with Gasteiger partial charge in [-0.2, -0.15) is 0 Å². The summed E-state index contributed by atoms with van der Waals surface area (Å²) in [4.78, 5) is 36.0. The maximum Gasteiger partial charge on any atom is 0.338 e. The van der Waals surface area contributed by atoms with E-state index in [-0.39, 0.29) is 16.6 Å². The second-order valence-electron chi connectivity index (χ2n) is 6.34. The number of nitrogens with zero attached hydrogens (tertiary/aromatic N) is 3. The zero-order chi connectivity index (χ0) is 21.3. The summed E-state index contributed by atoms with van der Waals surface area (Å²) in [6, 6.07) is 8.83. The van der Waals surface area contributed by atoms with Gasteiger partial charge in [0.25, 0.3) is 5.56 Å². The van der Waals surface area contributed by atoms with Crippen molar-refractivity contribution in [2.45, 2.75) is 17.8 Å². The predicted molar refractivity (Wildman–Crippen MR) is 113 cm³/mol. The average Bonchev–Trinajstić information content (AvgIpc) is 3.20. The number of benzene rings is 1. The first-order valence-corrected chi connectivity index (χ1v) is 10.1. The third-order valence-electron chi connectivity index (χ3n) is 4.33. The van der Waals surface area contributed by atoms with E-state index < -0.39 is 11.5 Å². The maximum absolute atomic E-state index is 12.6. The molecule has 3 heterocycles. The summed E-state index contributed by atoms with van der Waals surface area (Å²) in [6.45, 7) is 1.72. The number of pyridine rings is 1. The normalized spacial score (nSPS) is 11.0. The van der Waals surface area contributed by atoms with Crippen LogP contribution in [0.2, 0.25) is 5.02 Å². The number of rotatable bonds is 5. The van der Waals surface area contributed by atoms with Crippen molar-refractivity contribution in [1.29, 1.82) is 0 Å². The van der Waals surface area contributed by atoms with Gasteiger partial charge >= 0.3 is 5.97 Å². The first-order valence-electron chi connectivity index (χ1n) is 8.78. The number of hydrogen-bond acceptors (Lipinski definition) is 8. The number of halogens is 1. The Morgan fingerprint density at radius 1 is 1.27 bits per heavy atom. The van der Waals surface area contributed by atoms with Gasteiger partial charge in [0.15, 0.2) is 10.8 Å². The Morgan fingerprint density at radius 2 is 2.03 bits per heavy atom. The molecule has 0 unspecified atom stereocenters. The van der Waals surface area contributed by atoms with Crippen LogP contribution in [0.4, 0.5) is 0 Å². The first kappa shape index (κ1) is 20.1. The number of carbonyl (C=O) groups is 1. The lowest BCUT2D eigenvalue weighted by Gasteiger charge is -2.07. The largest absolute Gasteiger partial charge is 0.465 e. The van der Waals surface area contributed by atoms with E-state index in [0.29, 0.717) is 27.3 Å². The molecule has 0 saturated heterocycles. The minimum atomic E-state index is -0.617. The molecule has 0 atom stereocenters. The highest BCUT2D eigenvalue weighted by Gasteiger charge is 2.18. The van der Waals surface area contributed by atoms with Gasteiger partial charge in [-0.15, -0.1) is 0 Å². The SMILES string of the molecule is COC(=O)c1cc(C)nc2nc(SCc3nocc3-c3ccc(Cl)cc3)[nH]c(=O)c12. The zero-order valence-electron chi connectivity index (χ0n) is 15.9. The third kappa shape index (κ3) is 3.94. The lowest BCUT2D eigenvalue weighted by Crippen LogP contribution is -2.16. The smallest absolute Gasteiger partial charge is 0.338 e. The van der Waals surface area contributed by atoms with Crippen LogP contribution in [0.5, 0.6) is 0 Å². The standard InChI is InChI=1S/C20H15ClN4O4S/c1-10-7-13(19(27)28-2)16-17(22-10)23-20(24-18(16)26)30-9-15-14(8-29-25-15)11-3-5-12(21)6-4-11/h3-8H,9H2,1-2H3,(H,22,23,24,26). The number of hydrogen-bond donors (Lipinski definition) is 1. The van der Waals surface area contributed by atoms with E-state index in [1.807, 2.05) is 12.1 Å². The Labute approximate surface area is 179 Å². The van der Waals surface area contributed by atoms with Gasteiger partial charge in [0, 0.05) is 22.0 Å². The van der Waals surface area contributed by atoms with Crippen molar-refractivity contribution in [2.24, 2.45) is 0 Å². The Bertz CT molecular complexity index is 1300. The van der Waals surface area contributed by atoms with Crippen LogP contribution in [0.25, 0.3) is 22.2 Å². The van der Waals surface area contributed by atoms with Crippen molar-refractivity contribution in [3.05, 3.63) is 68.9 Å². The number of thioether (sulfide) groups is 1. The first-order chi connectivity index (χ1) is 14.5. The molecule has 0 aliphatic heterocycles. The molecule has 152 valence electrons. The van der Waals surface area contributed by atoms with Gasteiger partial charge in [-0.1, -0.05) is 40.7 Å². The van der Waals surface area contributed by atoms with Gasteiger partial charge in [0.2, 0.25) is 0 Å². The molecule has 8 nitrogen and oxygen atoms in total. The average molecular weight is 443 g/mol. The van der Waals surface area contributed by atoms with E-state index in [2.05, 4.69) is 20.1 Å². The molecule has 0 spiro atoms. The van der Waals surface area contributed by atoms with E-state index >= 15 is 0 Å². The number of aromatic amines is 1. The molecule has 10 heteroatoms. The van der Waals surface area contributed by atoms with Crippen LogP contribution in [-0.2, 0) is 10.5 Å². The number of aryl methyl sites for hydroxylation is 1. The summed E-state index contributed by atoms with van der Waals surface area (Å²) in [5.41, 5.74) is 2.83. The predicted octanol–water partition coefficient (Wildman–Crippen LogP) is 4.01. The van der Waals surface area contributed by atoms with Crippen molar-refractivity contribution >= 4 is 40.4 Å². The summed E-state index contributed by atoms with van der Waals surface area (Å²) in [5.74, 6) is -0.216. The van der Waals surface area contributed by atoms with Gasteiger partial charge in [-0.25, -0.2) is 14.8 Å². The summed E-state index contributed by atoms with van der Waals surface area (Å²) >= 11 is 7.22. The van der Waals surface area contributed by atoms with E-state index in [1.54, 1.807) is 25.3 Å². The summed E-state index contributed by atoms with van der Waals surface area (Å²) in [5, 5.41) is 5.14. The number of esters is 1. The molecule has 0 radical (unpaired) electrons. The van der Waals surface area contributed by atoms with Crippen molar-refractivity contribution in [3.63, 3.8) is 0 Å². The molecule has 0 fully saturated rings. The fourth-order valence-corrected chi connectivity index (χ4v) is 3.87. The van der Waals surface area contributed by atoms with Crippen molar-refractivity contribution in [2.75, 3.05) is 7.11 Å². The number of ether oxygens (including phenoxy) is 1. The van der Waals surface area contributed by atoms with E-state index in [9.17, 15) is 9.59 Å². The molecular weight excluding hydrogens is 428 g/mol. The molecule has 4 rings (SSSR count). The van der Waals surface area contributed by atoms with Crippen LogP contribution in [0, 0.1) is 6.92 Å². The van der Waals surface area contributed by atoms with Crippen LogP contribution in [0.15, 0.2) is 51.1 Å². The lowest BCUT2D eigenvalue weighted by atomic mass is 10.1. The van der Waals surface area contributed by atoms with Crippen molar-refractivity contribution in [3.8, 4) is 11.1 Å². The minimum Gasteiger partial charge on any atom is -0.465 e. The van der Waals surface area contributed by atoms with Gasteiger partial charge in [-0.3, -0.25) is 4.79 Å². The number of nitrogens with one attached hydrogen (secondary N) is 1. The van der Waals surface area contributed by atoms with Crippen LogP contribution >= 0.6 is 23.4 Å². The van der Waals surface area contributed by atoms with Crippen molar-refractivity contribution in [1.82, 2.24) is 20.1 Å². The van der Waals surface area contributed by atoms with E-state index in [0.717, 1.165) is 11.1 Å². The van der Waals surface area contributed by atoms with Crippen molar-refractivity contribution < 1.29 is 14.1 Å². The fraction of sp³-hybridized carbons (Fsp3) is 0.150. The Hall–Kier alpha value is -3.17. The quantitative estimate of drug-likeness (QED) is 0.280. The molecule has 0 aliphatic rings. The molecule has 0 amide bonds. The molecular formula is C20H15ClN4O4S. The number of carbonyl (C=O) groups excluding carboxylic acids is 1. The molecule has 1 aromatic carbocycles. The van der Waals surface area contributed by atoms with Crippen LogP contribution in [0.3, 0.4) is 0 Å². The lowest BCUT2D eigenvalue weighted by molar-refractivity contribution is 0.0602. The van der Waals surface area contributed by atoms with Gasteiger partial charge in [0.05, 0.1) is 18.1 Å². The minimum absolute atomic E-state index is 0.0973. The van der Waals surface area contributed by atoms with Crippen LogP contribution < -0.4 is 5.56 Å². The second-order valence-corrected chi connectivity index (χ2v) is 7.74. The highest BCUT2D eigenvalue weighted by atomic mass is 35.5. The van der Waals surface area contributed by atoms with Gasteiger partial charge < -0.3 is 14.2 Å². The highest BCUT2D eigenvalue weighted by Crippen LogP contribution is 2.29. The van der Waals surface area contributed by atoms with Crippen LogP contribution in [-0.4, -0.2) is 33.2 Å². The molecule has 4 aromatic rings. The number of aromatic nitrogens is 4. The molecule has 0 aliphatic carbocycles. The Kier molecular flexibility index (Phi) is 5.56. The fourth-order valence-electron chi connectivity index (χ4n) is 2.95. The Balaban J connectivity index is 1.65. The Morgan fingerprint density at radius 3 is 2.77 bits per heavy atom. The van der Waals surface area contributed by atoms with E-state index in [1.165, 1.54) is 24.9 Å². The summed E-state index contributed by atoms with van der Waals surface area (Å²) in [7, 11) is 1.26. The highest BCUT2D eigenvalue weighted by molar-refractivity contribution is 7.98. The van der Waals surface area contributed by atoms with Gasteiger partial charge in [-0.05, 0) is 30.7 Å². The van der Waals surface area contributed by atoms with Crippen LogP contribution in [0.1, 0.15) is 21.7 Å². The van der Waals surface area contributed by atoms with Gasteiger partial charge in [0.1, 0.15) is 12.0 Å².